The van der Waals surface area contributed by atoms with E-state index in [1.54, 1.807) is 12.3 Å². The molecule has 3 nitrogen and oxygen atoms in total. The van der Waals surface area contributed by atoms with E-state index in [1.807, 2.05) is 23.9 Å². The Hall–Kier alpha value is -1.20. The molecule has 0 saturated carbocycles. The van der Waals surface area contributed by atoms with Crippen LogP contribution >= 0.6 is 15.9 Å². The van der Waals surface area contributed by atoms with Crippen LogP contribution < -0.4 is 5.73 Å². The molecule has 0 aliphatic carbocycles. The summed E-state index contributed by atoms with van der Waals surface area (Å²) in [6.45, 7) is 0. The van der Waals surface area contributed by atoms with E-state index in [9.17, 15) is 4.39 Å². The Balaban J connectivity index is 2.06. The van der Waals surface area contributed by atoms with Gasteiger partial charge in [0.05, 0.1) is 4.47 Å². The van der Waals surface area contributed by atoms with Crippen LogP contribution in [0.1, 0.15) is 23.7 Å². The molecule has 1 unspecified atom stereocenters. The zero-order valence-electron chi connectivity index (χ0n) is 10.1. The van der Waals surface area contributed by atoms with Gasteiger partial charge in [0, 0.05) is 25.0 Å². The summed E-state index contributed by atoms with van der Waals surface area (Å²) in [6, 6.07) is 6.72. The lowest BCUT2D eigenvalue weighted by molar-refractivity contribution is 0.590. The van der Waals surface area contributed by atoms with Gasteiger partial charge in [-0.25, -0.2) is 4.39 Å². The summed E-state index contributed by atoms with van der Waals surface area (Å²) in [6.07, 6.45) is 3.33. The van der Waals surface area contributed by atoms with Crippen LogP contribution in [0.3, 0.4) is 0 Å². The summed E-state index contributed by atoms with van der Waals surface area (Å²) >= 11 is 3.24. The van der Waals surface area contributed by atoms with Crippen molar-refractivity contribution in [2.24, 2.45) is 12.8 Å². The van der Waals surface area contributed by atoms with Gasteiger partial charge in [0.25, 0.3) is 0 Å². The number of hydrogen-bond donors (Lipinski definition) is 1. The van der Waals surface area contributed by atoms with Crippen molar-refractivity contribution >= 4 is 15.9 Å². The van der Waals surface area contributed by atoms with Crippen LogP contribution in [-0.2, 0) is 13.5 Å². The first-order valence-electron chi connectivity index (χ1n) is 5.76. The Morgan fingerprint density at radius 1 is 1.44 bits per heavy atom. The molecule has 18 heavy (non-hydrogen) atoms. The lowest BCUT2D eigenvalue weighted by Crippen LogP contribution is -2.13. The van der Waals surface area contributed by atoms with Gasteiger partial charge in [-0.15, -0.1) is 0 Å². The number of halogens is 2. The highest BCUT2D eigenvalue weighted by molar-refractivity contribution is 9.10. The first-order valence-corrected chi connectivity index (χ1v) is 6.55. The van der Waals surface area contributed by atoms with Gasteiger partial charge in [-0.1, -0.05) is 12.1 Å². The third-order valence-electron chi connectivity index (χ3n) is 3.01. The number of hydrogen-bond acceptors (Lipinski definition) is 2. The molecule has 0 amide bonds. The third-order valence-corrected chi connectivity index (χ3v) is 3.85. The van der Waals surface area contributed by atoms with E-state index in [0.717, 1.165) is 24.1 Å². The van der Waals surface area contributed by atoms with Crippen molar-refractivity contribution in [3.8, 4) is 0 Å². The minimum absolute atomic E-state index is 0.190. The highest BCUT2D eigenvalue weighted by atomic mass is 79.9. The summed E-state index contributed by atoms with van der Waals surface area (Å²) in [5, 5.41) is 4.11. The Bertz CT molecular complexity index is 539. The molecule has 1 aromatic carbocycles. The Morgan fingerprint density at radius 3 is 2.89 bits per heavy atom. The van der Waals surface area contributed by atoms with Crippen molar-refractivity contribution in [3.05, 3.63) is 52.0 Å². The molecule has 0 fully saturated rings. The molecule has 2 rings (SSSR count). The molecule has 0 aliphatic rings. The standard InChI is InChI=1S/C13H15BrFN3/c1-18-9(7-8-17-18)5-6-12(16)10-3-2-4-11(15)13(10)14/h2-4,7-8,12H,5-6,16H2,1H3. The van der Waals surface area contributed by atoms with Crippen LogP contribution in [0.5, 0.6) is 0 Å². The molecule has 0 saturated heterocycles. The number of nitrogens with zero attached hydrogens (tertiary/aromatic N) is 2. The maximum atomic E-state index is 13.4. The topological polar surface area (TPSA) is 43.8 Å². The summed E-state index contributed by atoms with van der Waals surface area (Å²) in [5.41, 5.74) is 8.03. The Labute approximate surface area is 114 Å². The second-order valence-electron chi connectivity index (χ2n) is 4.23. The normalized spacial score (nSPS) is 12.7. The molecular weight excluding hydrogens is 297 g/mol. The fourth-order valence-electron chi connectivity index (χ4n) is 1.91. The molecule has 96 valence electrons. The van der Waals surface area contributed by atoms with E-state index in [-0.39, 0.29) is 11.9 Å². The van der Waals surface area contributed by atoms with E-state index >= 15 is 0 Å². The van der Waals surface area contributed by atoms with Crippen molar-refractivity contribution in [1.82, 2.24) is 9.78 Å². The summed E-state index contributed by atoms with van der Waals surface area (Å²) < 4.78 is 15.7. The van der Waals surface area contributed by atoms with Crippen LogP contribution in [0.25, 0.3) is 0 Å². The SMILES string of the molecule is Cn1nccc1CCC(N)c1cccc(F)c1Br. The first-order chi connectivity index (χ1) is 8.59. The van der Waals surface area contributed by atoms with Gasteiger partial charge in [-0.05, 0) is 46.5 Å². The number of rotatable bonds is 4. The predicted molar refractivity (Wildman–Crippen MR) is 72.6 cm³/mol. The van der Waals surface area contributed by atoms with Crippen LogP contribution in [0.2, 0.25) is 0 Å². The van der Waals surface area contributed by atoms with E-state index in [4.69, 9.17) is 5.73 Å². The fourth-order valence-corrected chi connectivity index (χ4v) is 2.47. The van der Waals surface area contributed by atoms with Gasteiger partial charge in [-0.2, -0.15) is 5.10 Å². The van der Waals surface area contributed by atoms with Gasteiger partial charge in [0.15, 0.2) is 0 Å². The van der Waals surface area contributed by atoms with Crippen LogP contribution in [0, 0.1) is 5.82 Å². The van der Waals surface area contributed by atoms with Crippen molar-refractivity contribution in [2.75, 3.05) is 0 Å². The van der Waals surface area contributed by atoms with E-state index in [1.165, 1.54) is 6.07 Å². The summed E-state index contributed by atoms with van der Waals surface area (Å²) in [5.74, 6) is -0.275. The molecular formula is C13H15BrFN3. The van der Waals surface area contributed by atoms with Crippen molar-refractivity contribution in [2.45, 2.75) is 18.9 Å². The van der Waals surface area contributed by atoms with Gasteiger partial charge >= 0.3 is 0 Å². The summed E-state index contributed by atoms with van der Waals surface area (Å²) in [7, 11) is 1.90. The van der Waals surface area contributed by atoms with Gasteiger partial charge < -0.3 is 5.73 Å². The molecule has 2 aromatic rings. The maximum Gasteiger partial charge on any atom is 0.137 e. The number of aromatic nitrogens is 2. The third kappa shape index (κ3) is 2.79. The Kier molecular flexibility index (Phi) is 4.14. The quantitative estimate of drug-likeness (QED) is 0.943. The van der Waals surface area contributed by atoms with E-state index in [2.05, 4.69) is 21.0 Å². The van der Waals surface area contributed by atoms with Crippen molar-refractivity contribution in [3.63, 3.8) is 0 Å². The molecule has 2 N–H and O–H groups in total. The lowest BCUT2D eigenvalue weighted by atomic mass is 10.0. The number of nitrogens with two attached hydrogens (primary N) is 1. The van der Waals surface area contributed by atoms with E-state index in [0.29, 0.717) is 4.47 Å². The van der Waals surface area contributed by atoms with Crippen molar-refractivity contribution < 1.29 is 4.39 Å². The molecule has 1 aromatic heterocycles. The number of aryl methyl sites for hydroxylation is 2. The molecule has 0 spiro atoms. The molecule has 5 heteroatoms. The zero-order valence-corrected chi connectivity index (χ0v) is 11.7. The zero-order chi connectivity index (χ0) is 13.1. The van der Waals surface area contributed by atoms with Crippen molar-refractivity contribution in [1.29, 1.82) is 0 Å². The summed E-state index contributed by atoms with van der Waals surface area (Å²) in [4.78, 5) is 0. The molecule has 0 bridgehead atoms. The van der Waals surface area contributed by atoms with Gasteiger partial charge in [-0.3, -0.25) is 4.68 Å². The molecule has 0 aliphatic heterocycles. The van der Waals surface area contributed by atoms with Crippen LogP contribution in [0.4, 0.5) is 4.39 Å². The smallest absolute Gasteiger partial charge is 0.137 e. The van der Waals surface area contributed by atoms with Gasteiger partial charge in [0.1, 0.15) is 5.82 Å². The molecule has 1 atom stereocenters. The minimum atomic E-state index is -0.275. The minimum Gasteiger partial charge on any atom is -0.324 e. The van der Waals surface area contributed by atoms with E-state index < -0.39 is 0 Å². The Morgan fingerprint density at radius 2 is 2.22 bits per heavy atom. The monoisotopic (exact) mass is 311 g/mol. The highest BCUT2D eigenvalue weighted by Gasteiger charge is 2.13. The first kappa shape index (κ1) is 13.2. The number of benzene rings is 1. The average molecular weight is 312 g/mol. The van der Waals surface area contributed by atoms with Gasteiger partial charge in [0.2, 0.25) is 0 Å². The van der Waals surface area contributed by atoms with Crippen LogP contribution in [-0.4, -0.2) is 9.78 Å². The average Bonchev–Trinajstić information content (AvgIpc) is 2.75. The maximum absolute atomic E-state index is 13.4. The molecule has 1 heterocycles. The predicted octanol–water partition coefficient (Wildman–Crippen LogP) is 2.95. The van der Waals surface area contributed by atoms with Crippen LogP contribution in [0.15, 0.2) is 34.9 Å². The second kappa shape index (κ2) is 5.63. The molecule has 0 radical (unpaired) electrons. The second-order valence-corrected chi connectivity index (χ2v) is 5.03. The highest BCUT2D eigenvalue weighted by Crippen LogP contribution is 2.27. The lowest BCUT2D eigenvalue weighted by Gasteiger charge is -2.14. The fraction of sp³-hybridized carbons (Fsp3) is 0.308. The largest absolute Gasteiger partial charge is 0.324 e.